The van der Waals surface area contributed by atoms with E-state index in [-0.39, 0.29) is 6.10 Å². The largest absolute Gasteiger partial charge is 0.368 e. The fourth-order valence-corrected chi connectivity index (χ4v) is 3.08. The van der Waals surface area contributed by atoms with Crippen molar-refractivity contribution in [1.29, 1.82) is 0 Å². The van der Waals surface area contributed by atoms with E-state index in [1.165, 1.54) is 0 Å². The standard InChI is InChI=1S/C11H14BrClN2OS/c1-2-3-7-9(12)10(13)15-11(14-7)8-6-17-5-4-16-8/h8H,2-6H2,1H3. The molecule has 1 saturated heterocycles. The molecule has 2 rings (SSSR count). The number of nitrogens with zero attached hydrogens (tertiary/aromatic N) is 2. The molecule has 1 aromatic rings. The fraction of sp³-hybridized carbons (Fsp3) is 0.636. The van der Waals surface area contributed by atoms with Gasteiger partial charge in [0.05, 0.1) is 16.8 Å². The lowest BCUT2D eigenvalue weighted by Crippen LogP contribution is -2.19. The molecule has 17 heavy (non-hydrogen) atoms. The molecule has 94 valence electrons. The van der Waals surface area contributed by atoms with Crippen LogP contribution in [0.4, 0.5) is 0 Å². The van der Waals surface area contributed by atoms with Crippen molar-refractivity contribution in [3.8, 4) is 0 Å². The highest BCUT2D eigenvalue weighted by Crippen LogP contribution is 2.29. The van der Waals surface area contributed by atoms with Gasteiger partial charge < -0.3 is 4.74 Å². The lowest BCUT2D eigenvalue weighted by Gasteiger charge is -2.21. The summed E-state index contributed by atoms with van der Waals surface area (Å²) in [5.41, 5.74) is 0.974. The van der Waals surface area contributed by atoms with Gasteiger partial charge in [0.1, 0.15) is 11.3 Å². The third-order valence-electron chi connectivity index (χ3n) is 2.49. The fourth-order valence-electron chi connectivity index (χ4n) is 1.66. The summed E-state index contributed by atoms with van der Waals surface area (Å²) in [6, 6.07) is 0. The molecule has 0 radical (unpaired) electrons. The van der Waals surface area contributed by atoms with E-state index in [0.717, 1.165) is 41.1 Å². The number of ether oxygens (including phenoxy) is 1. The quantitative estimate of drug-likeness (QED) is 0.789. The van der Waals surface area contributed by atoms with Crippen molar-refractivity contribution in [1.82, 2.24) is 9.97 Å². The van der Waals surface area contributed by atoms with Gasteiger partial charge >= 0.3 is 0 Å². The lowest BCUT2D eigenvalue weighted by atomic mass is 10.2. The SMILES string of the molecule is CCCc1nc(C2CSCCO2)nc(Cl)c1Br. The highest BCUT2D eigenvalue weighted by Gasteiger charge is 2.21. The summed E-state index contributed by atoms with van der Waals surface area (Å²) in [4.78, 5) is 8.87. The van der Waals surface area contributed by atoms with Gasteiger partial charge in [-0.3, -0.25) is 0 Å². The minimum absolute atomic E-state index is 0.0186. The van der Waals surface area contributed by atoms with Gasteiger partial charge in [0.15, 0.2) is 5.82 Å². The Hall–Kier alpha value is 0.160. The van der Waals surface area contributed by atoms with Crippen molar-refractivity contribution < 1.29 is 4.74 Å². The maximum Gasteiger partial charge on any atom is 0.160 e. The van der Waals surface area contributed by atoms with E-state index < -0.39 is 0 Å². The first-order valence-corrected chi connectivity index (χ1v) is 7.96. The maximum absolute atomic E-state index is 6.11. The molecule has 1 aliphatic rings. The zero-order valence-corrected chi connectivity index (χ0v) is 12.7. The zero-order valence-electron chi connectivity index (χ0n) is 9.58. The summed E-state index contributed by atoms with van der Waals surface area (Å²) < 4.78 is 6.49. The first-order chi connectivity index (χ1) is 8.22. The summed E-state index contributed by atoms with van der Waals surface area (Å²) in [5, 5.41) is 0.484. The predicted molar refractivity (Wildman–Crippen MR) is 74.8 cm³/mol. The normalized spacial score (nSPS) is 20.5. The molecule has 0 aromatic carbocycles. The van der Waals surface area contributed by atoms with E-state index in [0.29, 0.717) is 11.0 Å². The molecule has 3 nitrogen and oxygen atoms in total. The Labute approximate surface area is 119 Å². The molecule has 6 heteroatoms. The predicted octanol–water partition coefficient (Wildman–Crippen LogP) is 3.65. The smallest absolute Gasteiger partial charge is 0.160 e. The van der Waals surface area contributed by atoms with Gasteiger partial charge in [0, 0.05) is 11.5 Å². The van der Waals surface area contributed by atoms with Crippen LogP contribution >= 0.6 is 39.3 Å². The molecule has 1 fully saturated rings. The number of thioether (sulfide) groups is 1. The Morgan fingerprint density at radius 2 is 2.35 bits per heavy atom. The van der Waals surface area contributed by atoms with Gasteiger partial charge in [-0.05, 0) is 22.4 Å². The van der Waals surface area contributed by atoms with Gasteiger partial charge in [0.25, 0.3) is 0 Å². The van der Waals surface area contributed by atoms with Crippen molar-refractivity contribution in [2.45, 2.75) is 25.9 Å². The van der Waals surface area contributed by atoms with Crippen LogP contribution < -0.4 is 0 Å². The summed E-state index contributed by atoms with van der Waals surface area (Å²) in [6.45, 7) is 2.88. The number of aromatic nitrogens is 2. The maximum atomic E-state index is 6.11. The summed E-state index contributed by atoms with van der Waals surface area (Å²) in [6.07, 6.45) is 1.91. The second kappa shape index (κ2) is 6.36. The second-order valence-electron chi connectivity index (χ2n) is 3.82. The Balaban J connectivity index is 2.27. The van der Waals surface area contributed by atoms with E-state index in [4.69, 9.17) is 16.3 Å². The molecule has 1 aliphatic heterocycles. The van der Waals surface area contributed by atoms with E-state index in [2.05, 4.69) is 32.8 Å². The Bertz CT molecular complexity index is 399. The van der Waals surface area contributed by atoms with E-state index >= 15 is 0 Å². The van der Waals surface area contributed by atoms with Gasteiger partial charge in [0.2, 0.25) is 0 Å². The molecule has 1 atom stereocenters. The number of hydrogen-bond donors (Lipinski definition) is 0. The van der Waals surface area contributed by atoms with Crippen molar-refractivity contribution in [3.05, 3.63) is 21.1 Å². The summed E-state index contributed by atoms with van der Waals surface area (Å²) in [7, 11) is 0. The number of halogens is 2. The molecule has 0 saturated carbocycles. The highest BCUT2D eigenvalue weighted by molar-refractivity contribution is 9.10. The van der Waals surface area contributed by atoms with E-state index in [1.54, 1.807) is 0 Å². The minimum Gasteiger partial charge on any atom is -0.368 e. The average molecular weight is 338 g/mol. The summed E-state index contributed by atoms with van der Waals surface area (Å²) in [5.74, 6) is 2.67. The van der Waals surface area contributed by atoms with Crippen LogP contribution in [0, 0.1) is 0 Å². The van der Waals surface area contributed by atoms with Crippen LogP contribution in [0.5, 0.6) is 0 Å². The van der Waals surface area contributed by atoms with Gasteiger partial charge in [-0.2, -0.15) is 11.8 Å². The van der Waals surface area contributed by atoms with Gasteiger partial charge in [-0.15, -0.1) is 0 Å². The summed E-state index contributed by atoms with van der Waals surface area (Å²) >= 11 is 11.4. The van der Waals surface area contributed by atoms with Crippen LogP contribution in [0.15, 0.2) is 4.47 Å². The van der Waals surface area contributed by atoms with Crippen molar-refractivity contribution in [2.75, 3.05) is 18.1 Å². The van der Waals surface area contributed by atoms with Crippen LogP contribution in [0.3, 0.4) is 0 Å². The third kappa shape index (κ3) is 3.34. The van der Waals surface area contributed by atoms with Crippen LogP contribution in [0.2, 0.25) is 5.15 Å². The highest BCUT2D eigenvalue weighted by atomic mass is 79.9. The number of hydrogen-bond acceptors (Lipinski definition) is 4. The van der Waals surface area contributed by atoms with E-state index in [9.17, 15) is 0 Å². The van der Waals surface area contributed by atoms with Crippen LogP contribution in [-0.2, 0) is 11.2 Å². The Morgan fingerprint density at radius 1 is 1.53 bits per heavy atom. The first kappa shape index (κ1) is 13.6. The zero-order chi connectivity index (χ0) is 12.3. The van der Waals surface area contributed by atoms with Gasteiger partial charge in [-0.1, -0.05) is 24.9 Å². The van der Waals surface area contributed by atoms with Crippen LogP contribution in [-0.4, -0.2) is 28.1 Å². The van der Waals surface area contributed by atoms with Crippen LogP contribution in [0.1, 0.15) is 31.0 Å². The molecule has 0 aliphatic carbocycles. The van der Waals surface area contributed by atoms with E-state index in [1.807, 2.05) is 11.8 Å². The Kier molecular flexibility index (Phi) is 5.09. The lowest BCUT2D eigenvalue weighted by molar-refractivity contribution is 0.0692. The molecular weight excluding hydrogens is 324 g/mol. The second-order valence-corrected chi connectivity index (χ2v) is 6.12. The molecule has 0 N–H and O–H groups in total. The molecule has 2 heterocycles. The molecule has 0 spiro atoms. The molecule has 0 amide bonds. The number of aryl methyl sites for hydroxylation is 1. The third-order valence-corrected chi connectivity index (χ3v) is 4.82. The average Bonchev–Trinajstić information content (AvgIpc) is 2.36. The van der Waals surface area contributed by atoms with Crippen molar-refractivity contribution >= 4 is 39.3 Å². The molecule has 1 unspecified atom stereocenters. The number of rotatable bonds is 3. The molecule has 0 bridgehead atoms. The topological polar surface area (TPSA) is 35.0 Å². The first-order valence-electron chi connectivity index (χ1n) is 5.63. The Morgan fingerprint density at radius 3 is 3.00 bits per heavy atom. The molecule has 1 aromatic heterocycles. The monoisotopic (exact) mass is 336 g/mol. The van der Waals surface area contributed by atoms with Crippen molar-refractivity contribution in [2.24, 2.45) is 0 Å². The minimum atomic E-state index is -0.0186. The van der Waals surface area contributed by atoms with Crippen molar-refractivity contribution in [3.63, 3.8) is 0 Å². The molecular formula is C11H14BrClN2OS. The van der Waals surface area contributed by atoms with Crippen LogP contribution in [0.25, 0.3) is 0 Å². The van der Waals surface area contributed by atoms with Gasteiger partial charge in [-0.25, -0.2) is 9.97 Å².